The summed E-state index contributed by atoms with van der Waals surface area (Å²) in [5, 5.41) is 2.94. The summed E-state index contributed by atoms with van der Waals surface area (Å²) < 4.78 is 0. The maximum absolute atomic E-state index is 12.4. The predicted octanol–water partition coefficient (Wildman–Crippen LogP) is 4.28. The highest BCUT2D eigenvalue weighted by Gasteiger charge is 2.42. The summed E-state index contributed by atoms with van der Waals surface area (Å²) in [5.74, 6) is -0.884. The van der Waals surface area contributed by atoms with Gasteiger partial charge in [-0.1, -0.05) is 12.1 Å². The number of amides is 2. The van der Waals surface area contributed by atoms with Crippen LogP contribution in [0.5, 0.6) is 0 Å². The number of aromatic nitrogens is 1. The number of carbonyl (C=O) groups excluding carboxylic acids is 2. The average Bonchev–Trinajstić information content (AvgIpc) is 2.96. The van der Waals surface area contributed by atoms with Crippen LogP contribution in [0.1, 0.15) is 78.8 Å². The van der Waals surface area contributed by atoms with E-state index < -0.39 is 11.8 Å². The van der Waals surface area contributed by atoms with Crippen LogP contribution in [0.2, 0.25) is 0 Å². The standard InChI is InChI=1S/C24H29N3O4/c1-23(2)10-7-11-24(3,4)27(23)31-16-18-12-17(13-25-14-18)15-30-26-21(28)19-8-5-6-9-20(19)22(26)29/h5-6,8-9,12-14H,7,10-11,15-16H2,1-4H3. The molecule has 0 saturated carbocycles. The Morgan fingerprint density at radius 3 is 1.94 bits per heavy atom. The van der Waals surface area contributed by atoms with E-state index in [9.17, 15) is 9.59 Å². The molecule has 1 fully saturated rings. The maximum Gasteiger partial charge on any atom is 0.285 e. The third-order valence-corrected chi connectivity index (χ3v) is 6.01. The van der Waals surface area contributed by atoms with Gasteiger partial charge in [-0.25, -0.2) is 0 Å². The maximum atomic E-state index is 12.4. The first-order valence-corrected chi connectivity index (χ1v) is 10.7. The molecule has 4 rings (SSSR count). The van der Waals surface area contributed by atoms with Gasteiger partial charge in [0.25, 0.3) is 11.8 Å². The molecule has 7 nitrogen and oxygen atoms in total. The molecule has 1 saturated heterocycles. The topological polar surface area (TPSA) is 72.0 Å². The van der Waals surface area contributed by atoms with Crippen molar-refractivity contribution in [3.8, 4) is 0 Å². The van der Waals surface area contributed by atoms with Crippen molar-refractivity contribution < 1.29 is 19.3 Å². The van der Waals surface area contributed by atoms with Gasteiger partial charge in [-0.15, -0.1) is 5.06 Å². The number of hydroxylamine groups is 4. The molecule has 2 amide bonds. The van der Waals surface area contributed by atoms with E-state index in [1.54, 1.807) is 36.7 Å². The first-order valence-electron chi connectivity index (χ1n) is 10.7. The van der Waals surface area contributed by atoms with Crippen LogP contribution in [-0.2, 0) is 22.9 Å². The Bertz CT molecular complexity index is 951. The van der Waals surface area contributed by atoms with Gasteiger partial charge in [0.15, 0.2) is 0 Å². The number of benzene rings is 1. The Kier molecular flexibility index (Phi) is 5.68. The van der Waals surface area contributed by atoms with Crippen molar-refractivity contribution in [1.82, 2.24) is 15.1 Å². The summed E-state index contributed by atoms with van der Waals surface area (Å²) in [7, 11) is 0. The summed E-state index contributed by atoms with van der Waals surface area (Å²) >= 11 is 0. The van der Waals surface area contributed by atoms with Crippen LogP contribution in [0.25, 0.3) is 0 Å². The van der Waals surface area contributed by atoms with Gasteiger partial charge >= 0.3 is 0 Å². The molecule has 3 heterocycles. The SMILES string of the molecule is CC1(C)CCCC(C)(C)N1OCc1cncc(CON2C(=O)c3ccccc3C2=O)c1. The number of hydrogen-bond acceptors (Lipinski definition) is 6. The lowest BCUT2D eigenvalue weighted by molar-refractivity contribution is -0.288. The van der Waals surface area contributed by atoms with Crippen molar-refractivity contribution in [2.45, 2.75) is 71.2 Å². The molecule has 0 spiro atoms. The molecule has 0 bridgehead atoms. The smallest absolute Gasteiger partial charge is 0.285 e. The number of hydrogen-bond donors (Lipinski definition) is 0. The molecule has 0 radical (unpaired) electrons. The van der Waals surface area contributed by atoms with E-state index in [4.69, 9.17) is 9.68 Å². The summed E-state index contributed by atoms with van der Waals surface area (Å²) in [5.41, 5.74) is 2.30. The fourth-order valence-electron chi connectivity index (χ4n) is 4.59. The molecule has 1 aromatic heterocycles. The second kappa shape index (κ2) is 8.15. The molecule has 2 aliphatic heterocycles. The Labute approximate surface area is 182 Å². The van der Waals surface area contributed by atoms with Crippen LogP contribution in [-0.4, -0.2) is 38.0 Å². The number of rotatable bonds is 6. The second-order valence-corrected chi connectivity index (χ2v) is 9.47. The predicted molar refractivity (Wildman–Crippen MR) is 115 cm³/mol. The van der Waals surface area contributed by atoms with Gasteiger partial charge in [-0.3, -0.25) is 24.2 Å². The van der Waals surface area contributed by atoms with E-state index in [0.717, 1.165) is 29.0 Å². The highest BCUT2D eigenvalue weighted by Crippen LogP contribution is 2.38. The largest absolute Gasteiger partial charge is 0.293 e. The molecule has 31 heavy (non-hydrogen) atoms. The minimum Gasteiger partial charge on any atom is -0.293 e. The quantitative estimate of drug-likeness (QED) is 0.646. The molecule has 0 N–H and O–H groups in total. The lowest BCUT2D eigenvalue weighted by Gasteiger charge is -2.51. The van der Waals surface area contributed by atoms with E-state index in [2.05, 4.69) is 37.7 Å². The van der Waals surface area contributed by atoms with Gasteiger partial charge in [0, 0.05) is 23.5 Å². The lowest BCUT2D eigenvalue weighted by Crippen LogP contribution is -2.58. The minimum absolute atomic E-state index is 0.0403. The van der Waals surface area contributed by atoms with E-state index in [1.165, 1.54) is 6.42 Å². The Morgan fingerprint density at radius 2 is 1.39 bits per heavy atom. The number of fused-ring (bicyclic) bond motifs is 1. The first kappa shape index (κ1) is 21.6. The van der Waals surface area contributed by atoms with Crippen molar-refractivity contribution in [2.75, 3.05) is 0 Å². The van der Waals surface area contributed by atoms with Crippen molar-refractivity contribution in [3.63, 3.8) is 0 Å². The van der Waals surface area contributed by atoms with Crippen molar-refractivity contribution in [1.29, 1.82) is 0 Å². The minimum atomic E-state index is -0.442. The van der Waals surface area contributed by atoms with E-state index in [1.807, 2.05) is 6.07 Å². The number of nitrogens with zero attached hydrogens (tertiary/aromatic N) is 3. The van der Waals surface area contributed by atoms with Crippen LogP contribution in [0.3, 0.4) is 0 Å². The molecule has 2 aliphatic rings. The highest BCUT2D eigenvalue weighted by molar-refractivity contribution is 6.20. The zero-order valence-electron chi connectivity index (χ0n) is 18.6. The number of pyridine rings is 1. The zero-order valence-corrected chi connectivity index (χ0v) is 18.6. The molecular formula is C24H29N3O4. The van der Waals surface area contributed by atoms with Gasteiger partial charge < -0.3 is 0 Å². The van der Waals surface area contributed by atoms with E-state index >= 15 is 0 Å². The van der Waals surface area contributed by atoms with Crippen LogP contribution in [0.4, 0.5) is 0 Å². The molecule has 7 heteroatoms. The highest BCUT2D eigenvalue weighted by atomic mass is 16.7. The molecule has 1 aromatic carbocycles. The number of carbonyl (C=O) groups is 2. The third kappa shape index (κ3) is 4.26. The van der Waals surface area contributed by atoms with E-state index in [-0.39, 0.29) is 17.7 Å². The molecule has 0 unspecified atom stereocenters. The summed E-state index contributed by atoms with van der Waals surface area (Å²) in [6, 6.07) is 8.64. The fourth-order valence-corrected chi connectivity index (χ4v) is 4.59. The zero-order chi connectivity index (χ0) is 22.2. The van der Waals surface area contributed by atoms with Gasteiger partial charge in [0.1, 0.15) is 6.61 Å². The normalized spacial score (nSPS) is 20.2. The monoisotopic (exact) mass is 423 g/mol. The summed E-state index contributed by atoms with van der Waals surface area (Å²) in [4.78, 5) is 40.9. The number of piperidine rings is 1. The van der Waals surface area contributed by atoms with E-state index in [0.29, 0.717) is 17.7 Å². The molecule has 2 aromatic rings. The fraction of sp³-hybridized carbons (Fsp3) is 0.458. The molecule has 0 atom stereocenters. The van der Waals surface area contributed by atoms with Crippen molar-refractivity contribution in [3.05, 3.63) is 65.0 Å². The number of imide groups is 1. The first-order chi connectivity index (χ1) is 14.7. The van der Waals surface area contributed by atoms with Crippen LogP contribution in [0.15, 0.2) is 42.7 Å². The molecule has 0 aliphatic carbocycles. The second-order valence-electron chi connectivity index (χ2n) is 9.47. The van der Waals surface area contributed by atoms with Gasteiger partial charge in [-0.2, -0.15) is 5.06 Å². The lowest BCUT2D eigenvalue weighted by atomic mass is 9.82. The Balaban J connectivity index is 1.39. The van der Waals surface area contributed by atoms with Gasteiger partial charge in [0.05, 0.1) is 17.7 Å². The van der Waals surface area contributed by atoms with Gasteiger partial charge in [-0.05, 0) is 76.3 Å². The molecular weight excluding hydrogens is 394 g/mol. The van der Waals surface area contributed by atoms with Crippen LogP contribution >= 0.6 is 0 Å². The Morgan fingerprint density at radius 1 is 0.871 bits per heavy atom. The average molecular weight is 424 g/mol. The third-order valence-electron chi connectivity index (χ3n) is 6.01. The summed E-state index contributed by atoms with van der Waals surface area (Å²) in [6.45, 7) is 9.28. The molecule has 164 valence electrons. The van der Waals surface area contributed by atoms with Crippen LogP contribution in [0, 0.1) is 0 Å². The van der Waals surface area contributed by atoms with Crippen molar-refractivity contribution in [2.24, 2.45) is 0 Å². The van der Waals surface area contributed by atoms with Gasteiger partial charge in [0.2, 0.25) is 0 Å². The van der Waals surface area contributed by atoms with Crippen LogP contribution < -0.4 is 0 Å². The summed E-state index contributed by atoms with van der Waals surface area (Å²) in [6.07, 6.45) is 6.78. The Hall–Kier alpha value is -2.61. The van der Waals surface area contributed by atoms with Crippen molar-refractivity contribution >= 4 is 11.8 Å².